The molecule has 1 aromatic heterocycles. The molecule has 1 saturated heterocycles. The molecule has 0 radical (unpaired) electrons. The Bertz CT molecular complexity index is 366. The number of rotatable bonds is 5. The van der Waals surface area contributed by atoms with Crippen LogP contribution in [0.3, 0.4) is 0 Å². The van der Waals surface area contributed by atoms with Gasteiger partial charge in [0.1, 0.15) is 0 Å². The van der Waals surface area contributed by atoms with Gasteiger partial charge in [-0.25, -0.2) is 4.98 Å². The monoisotopic (exact) mass is 287 g/mol. The van der Waals surface area contributed by atoms with Crippen LogP contribution in [0.15, 0.2) is 10.9 Å². The van der Waals surface area contributed by atoms with E-state index in [0.29, 0.717) is 12.4 Å². The highest BCUT2D eigenvalue weighted by Gasteiger charge is 2.21. The number of amides is 1. The number of morpholine rings is 1. The molecule has 1 aromatic rings. The van der Waals surface area contributed by atoms with E-state index in [9.17, 15) is 4.79 Å². The second kappa shape index (κ2) is 7.08. The molecule has 100 valence electrons. The Hall–Kier alpha value is -0.630. The highest BCUT2D eigenvalue weighted by atomic mass is 32.1. The molecule has 7 heteroatoms. The van der Waals surface area contributed by atoms with E-state index in [-0.39, 0.29) is 11.8 Å². The molecule has 1 N–H and O–H groups in total. The lowest BCUT2D eigenvalue weighted by atomic mass is 10.1. The topological polar surface area (TPSA) is 54.5 Å². The van der Waals surface area contributed by atoms with Crippen LogP contribution in [0.1, 0.15) is 11.6 Å². The van der Waals surface area contributed by atoms with Crippen molar-refractivity contribution in [3.05, 3.63) is 16.6 Å². The summed E-state index contributed by atoms with van der Waals surface area (Å²) in [5, 5.41) is 4.84. The zero-order valence-corrected chi connectivity index (χ0v) is 11.8. The molecule has 1 unspecified atom stereocenters. The van der Waals surface area contributed by atoms with Gasteiger partial charge in [-0.3, -0.25) is 9.69 Å². The Morgan fingerprint density at radius 2 is 2.39 bits per heavy atom. The molecule has 1 atom stereocenters. The number of hydrogen-bond donors (Lipinski definition) is 2. The fraction of sp³-hybridized carbons (Fsp3) is 0.636. The van der Waals surface area contributed by atoms with Crippen molar-refractivity contribution in [3.63, 3.8) is 0 Å². The van der Waals surface area contributed by atoms with Crippen LogP contribution in [0.25, 0.3) is 0 Å². The van der Waals surface area contributed by atoms with E-state index < -0.39 is 0 Å². The first-order chi connectivity index (χ1) is 8.81. The van der Waals surface area contributed by atoms with Crippen molar-refractivity contribution in [2.45, 2.75) is 5.92 Å². The van der Waals surface area contributed by atoms with E-state index in [1.807, 2.05) is 5.38 Å². The van der Waals surface area contributed by atoms with Crippen molar-refractivity contribution in [3.8, 4) is 0 Å². The number of thiazole rings is 1. The molecule has 1 fully saturated rings. The first kappa shape index (κ1) is 13.8. The molecular weight excluding hydrogens is 270 g/mol. The van der Waals surface area contributed by atoms with Crippen molar-refractivity contribution < 1.29 is 9.53 Å². The van der Waals surface area contributed by atoms with E-state index in [4.69, 9.17) is 4.74 Å². The van der Waals surface area contributed by atoms with Gasteiger partial charge in [-0.2, -0.15) is 12.6 Å². The summed E-state index contributed by atoms with van der Waals surface area (Å²) < 4.78 is 5.26. The molecule has 2 heterocycles. The van der Waals surface area contributed by atoms with Crippen LogP contribution in [0.4, 0.5) is 0 Å². The van der Waals surface area contributed by atoms with E-state index in [1.165, 1.54) is 11.3 Å². The Morgan fingerprint density at radius 3 is 3.00 bits per heavy atom. The Morgan fingerprint density at radius 1 is 1.61 bits per heavy atom. The average molecular weight is 287 g/mol. The smallest absolute Gasteiger partial charge is 0.231 e. The van der Waals surface area contributed by atoms with Gasteiger partial charge in [-0.1, -0.05) is 0 Å². The van der Waals surface area contributed by atoms with Crippen molar-refractivity contribution in [2.24, 2.45) is 0 Å². The normalized spacial score (nSPS) is 18.5. The van der Waals surface area contributed by atoms with Gasteiger partial charge in [0.25, 0.3) is 0 Å². The number of thiol groups is 1. The van der Waals surface area contributed by atoms with Gasteiger partial charge in [0.05, 0.1) is 37.0 Å². The van der Waals surface area contributed by atoms with Crippen LogP contribution in [-0.2, 0) is 9.53 Å². The maximum atomic E-state index is 12.1. The summed E-state index contributed by atoms with van der Waals surface area (Å²) >= 11 is 5.73. The van der Waals surface area contributed by atoms with Gasteiger partial charge in [0.2, 0.25) is 5.91 Å². The maximum absolute atomic E-state index is 12.1. The standard InChI is InChI=1S/C11H17N3O2S2/c15-11(9(5-17)10-6-18-8-13-10)12-7-14-1-3-16-4-2-14/h6,8-9,17H,1-5,7H2,(H,12,15). The Balaban J connectivity index is 1.82. The molecule has 2 rings (SSSR count). The van der Waals surface area contributed by atoms with Crippen molar-refractivity contribution in [1.82, 2.24) is 15.2 Å². The molecule has 0 aliphatic carbocycles. The number of carbonyl (C=O) groups is 1. The van der Waals surface area contributed by atoms with Gasteiger partial charge in [-0.15, -0.1) is 11.3 Å². The van der Waals surface area contributed by atoms with Crippen LogP contribution < -0.4 is 5.32 Å². The number of carbonyl (C=O) groups excluding carboxylic acids is 1. The second-order valence-electron chi connectivity index (χ2n) is 4.08. The first-order valence-corrected chi connectivity index (χ1v) is 7.45. The number of aromatic nitrogens is 1. The summed E-state index contributed by atoms with van der Waals surface area (Å²) in [6.45, 7) is 3.76. The summed E-state index contributed by atoms with van der Waals surface area (Å²) in [7, 11) is 0. The zero-order chi connectivity index (χ0) is 12.8. The lowest BCUT2D eigenvalue weighted by Gasteiger charge is -2.27. The quantitative estimate of drug-likeness (QED) is 0.777. The van der Waals surface area contributed by atoms with E-state index in [0.717, 1.165) is 32.0 Å². The molecule has 18 heavy (non-hydrogen) atoms. The molecule has 5 nitrogen and oxygen atoms in total. The molecule has 1 aliphatic rings. The van der Waals surface area contributed by atoms with Gasteiger partial charge in [-0.05, 0) is 0 Å². The van der Waals surface area contributed by atoms with Crippen LogP contribution in [0.5, 0.6) is 0 Å². The van der Waals surface area contributed by atoms with Gasteiger partial charge in [0.15, 0.2) is 0 Å². The molecule has 1 amide bonds. The molecule has 1 aliphatic heterocycles. The fourth-order valence-corrected chi connectivity index (χ4v) is 2.74. The van der Waals surface area contributed by atoms with E-state index >= 15 is 0 Å². The van der Waals surface area contributed by atoms with Crippen molar-refractivity contribution >= 4 is 29.9 Å². The third kappa shape index (κ3) is 3.68. The summed E-state index contributed by atoms with van der Waals surface area (Å²) in [6, 6.07) is 0. The number of ether oxygens (including phenoxy) is 1. The SMILES string of the molecule is O=C(NCN1CCOCC1)C(CS)c1cscn1. The number of nitrogens with one attached hydrogen (secondary N) is 1. The van der Waals surface area contributed by atoms with E-state index in [2.05, 4.69) is 27.8 Å². The average Bonchev–Trinajstić information content (AvgIpc) is 2.92. The minimum Gasteiger partial charge on any atom is -0.379 e. The molecule has 0 bridgehead atoms. The Kier molecular flexibility index (Phi) is 5.43. The minimum absolute atomic E-state index is 0.0117. The van der Waals surface area contributed by atoms with Crippen LogP contribution in [-0.4, -0.2) is 54.5 Å². The van der Waals surface area contributed by atoms with Gasteiger partial charge < -0.3 is 10.1 Å². The van der Waals surface area contributed by atoms with Gasteiger partial charge in [0, 0.05) is 24.2 Å². The minimum atomic E-state index is -0.263. The predicted molar refractivity (Wildman–Crippen MR) is 74.1 cm³/mol. The summed E-state index contributed by atoms with van der Waals surface area (Å²) in [5.41, 5.74) is 2.54. The molecule has 0 spiro atoms. The van der Waals surface area contributed by atoms with E-state index in [1.54, 1.807) is 5.51 Å². The third-order valence-electron chi connectivity index (χ3n) is 2.89. The maximum Gasteiger partial charge on any atom is 0.231 e. The second-order valence-corrected chi connectivity index (χ2v) is 5.16. The Labute approximate surface area is 116 Å². The lowest BCUT2D eigenvalue weighted by molar-refractivity contribution is -0.123. The summed E-state index contributed by atoms with van der Waals surface area (Å²) in [5.74, 6) is 0.196. The largest absolute Gasteiger partial charge is 0.379 e. The molecule has 0 saturated carbocycles. The summed E-state index contributed by atoms with van der Waals surface area (Å²) in [6.07, 6.45) is 0. The molecular formula is C11H17N3O2S2. The molecule has 0 aromatic carbocycles. The first-order valence-electron chi connectivity index (χ1n) is 5.88. The predicted octanol–water partition coefficient (Wildman–Crippen LogP) is 0.562. The van der Waals surface area contributed by atoms with Crippen molar-refractivity contribution in [2.75, 3.05) is 38.7 Å². The number of hydrogen-bond acceptors (Lipinski definition) is 6. The summed E-state index contributed by atoms with van der Waals surface area (Å²) in [4.78, 5) is 18.4. The van der Waals surface area contributed by atoms with Crippen LogP contribution >= 0.6 is 24.0 Å². The fourth-order valence-electron chi connectivity index (χ4n) is 1.78. The highest BCUT2D eigenvalue weighted by molar-refractivity contribution is 7.80. The van der Waals surface area contributed by atoms with Crippen molar-refractivity contribution in [1.29, 1.82) is 0 Å². The third-order valence-corrected chi connectivity index (χ3v) is 3.86. The van der Waals surface area contributed by atoms with Crippen LogP contribution in [0.2, 0.25) is 0 Å². The highest BCUT2D eigenvalue weighted by Crippen LogP contribution is 2.17. The zero-order valence-electron chi connectivity index (χ0n) is 10.0. The van der Waals surface area contributed by atoms with Crippen LogP contribution in [0, 0.1) is 0 Å². The number of nitrogens with zero attached hydrogens (tertiary/aromatic N) is 2. The lowest BCUT2D eigenvalue weighted by Crippen LogP contribution is -2.45. The van der Waals surface area contributed by atoms with Gasteiger partial charge >= 0.3 is 0 Å².